The lowest BCUT2D eigenvalue weighted by Gasteiger charge is -2.30. The van der Waals surface area contributed by atoms with Gasteiger partial charge >= 0.3 is 0 Å². The zero-order valence-corrected chi connectivity index (χ0v) is 12.3. The summed E-state index contributed by atoms with van der Waals surface area (Å²) in [5, 5.41) is 0. The molecule has 1 aromatic rings. The number of likely N-dealkylation sites (N-methyl/N-ethyl adjacent to an activating group) is 1. The van der Waals surface area contributed by atoms with Gasteiger partial charge in [0.15, 0.2) is 0 Å². The molecule has 2 nitrogen and oxygen atoms in total. The van der Waals surface area contributed by atoms with E-state index in [-0.39, 0.29) is 0 Å². The third-order valence-electron chi connectivity index (χ3n) is 3.88. The van der Waals surface area contributed by atoms with Gasteiger partial charge < -0.3 is 9.80 Å². The van der Waals surface area contributed by atoms with Crippen LogP contribution in [0.3, 0.4) is 0 Å². The van der Waals surface area contributed by atoms with Crippen molar-refractivity contribution in [1.29, 1.82) is 0 Å². The minimum atomic E-state index is 0.490. The van der Waals surface area contributed by atoms with Crippen LogP contribution in [0.15, 0.2) is 42.7 Å². The standard InChI is InChI=1S/C17H26N2/c1-3-4-5-9-12-19-14-13-18(2)17(19)15-16-10-7-6-8-11-16/h6-8,10-11,13-14,17H,3-5,9,12,15H2,1-2H3. The Balaban J connectivity index is 1.86. The fourth-order valence-electron chi connectivity index (χ4n) is 2.65. The molecule has 1 unspecified atom stereocenters. The average molecular weight is 258 g/mol. The summed E-state index contributed by atoms with van der Waals surface area (Å²) in [7, 11) is 2.18. The highest BCUT2D eigenvalue weighted by molar-refractivity contribution is 5.17. The molecule has 1 heterocycles. The Morgan fingerprint density at radius 3 is 2.53 bits per heavy atom. The van der Waals surface area contributed by atoms with Gasteiger partial charge in [0.2, 0.25) is 0 Å². The molecule has 1 atom stereocenters. The molecule has 0 bridgehead atoms. The summed E-state index contributed by atoms with van der Waals surface area (Å²) in [6.45, 7) is 3.44. The minimum Gasteiger partial charge on any atom is -0.359 e. The van der Waals surface area contributed by atoms with E-state index in [4.69, 9.17) is 0 Å². The largest absolute Gasteiger partial charge is 0.359 e. The number of hydrogen-bond donors (Lipinski definition) is 0. The first-order chi connectivity index (χ1) is 9.31. The normalized spacial score (nSPS) is 18.3. The van der Waals surface area contributed by atoms with Crippen molar-refractivity contribution in [3.05, 3.63) is 48.3 Å². The Morgan fingerprint density at radius 1 is 1.00 bits per heavy atom. The Hall–Kier alpha value is -1.44. The molecule has 1 aliphatic rings. The number of hydrogen-bond acceptors (Lipinski definition) is 2. The van der Waals surface area contributed by atoms with Gasteiger partial charge in [-0.2, -0.15) is 0 Å². The summed E-state index contributed by atoms with van der Waals surface area (Å²) in [4.78, 5) is 4.81. The van der Waals surface area contributed by atoms with Gasteiger partial charge in [0.25, 0.3) is 0 Å². The highest BCUT2D eigenvalue weighted by Gasteiger charge is 2.22. The van der Waals surface area contributed by atoms with Gasteiger partial charge in [-0.25, -0.2) is 0 Å². The fraction of sp³-hybridized carbons (Fsp3) is 0.529. The van der Waals surface area contributed by atoms with Crippen LogP contribution in [0.1, 0.15) is 38.2 Å². The molecule has 0 aliphatic carbocycles. The van der Waals surface area contributed by atoms with Gasteiger partial charge in [-0.3, -0.25) is 0 Å². The van der Waals surface area contributed by atoms with Gasteiger partial charge in [-0.05, 0) is 12.0 Å². The first-order valence-electron chi connectivity index (χ1n) is 7.51. The zero-order chi connectivity index (χ0) is 13.5. The molecular formula is C17H26N2. The fourth-order valence-corrected chi connectivity index (χ4v) is 2.65. The van der Waals surface area contributed by atoms with E-state index >= 15 is 0 Å². The maximum Gasteiger partial charge on any atom is 0.104 e. The lowest BCUT2D eigenvalue weighted by molar-refractivity contribution is 0.173. The zero-order valence-electron chi connectivity index (χ0n) is 12.3. The molecule has 1 aliphatic heterocycles. The lowest BCUT2D eigenvalue weighted by atomic mass is 10.1. The van der Waals surface area contributed by atoms with Gasteiger partial charge in [-0.15, -0.1) is 0 Å². The predicted molar refractivity (Wildman–Crippen MR) is 81.7 cm³/mol. The molecule has 0 aromatic heterocycles. The van der Waals surface area contributed by atoms with Crippen LogP contribution >= 0.6 is 0 Å². The van der Waals surface area contributed by atoms with Gasteiger partial charge in [0.05, 0.1) is 0 Å². The third kappa shape index (κ3) is 4.02. The number of rotatable bonds is 7. The first kappa shape index (κ1) is 14.0. The summed E-state index contributed by atoms with van der Waals surface area (Å²) >= 11 is 0. The monoisotopic (exact) mass is 258 g/mol. The predicted octanol–water partition coefficient (Wildman–Crippen LogP) is 3.85. The van der Waals surface area contributed by atoms with Crippen LogP contribution in [-0.4, -0.2) is 29.6 Å². The van der Waals surface area contributed by atoms with Crippen molar-refractivity contribution < 1.29 is 0 Å². The molecule has 0 spiro atoms. The maximum atomic E-state index is 2.49. The Bertz CT molecular complexity index is 386. The van der Waals surface area contributed by atoms with E-state index in [9.17, 15) is 0 Å². The highest BCUT2D eigenvalue weighted by atomic mass is 15.4. The van der Waals surface area contributed by atoms with Crippen molar-refractivity contribution in [1.82, 2.24) is 9.80 Å². The van der Waals surface area contributed by atoms with Crippen molar-refractivity contribution in [3.63, 3.8) is 0 Å². The van der Waals surface area contributed by atoms with Crippen LogP contribution in [0.2, 0.25) is 0 Å². The topological polar surface area (TPSA) is 6.48 Å². The second-order valence-electron chi connectivity index (χ2n) is 5.43. The van der Waals surface area contributed by atoms with Crippen LogP contribution in [0.25, 0.3) is 0 Å². The Kier molecular flexibility index (Phi) is 5.31. The molecule has 0 saturated carbocycles. The molecule has 0 saturated heterocycles. The van der Waals surface area contributed by atoms with E-state index in [1.54, 1.807) is 0 Å². The number of nitrogens with zero attached hydrogens (tertiary/aromatic N) is 2. The van der Waals surface area contributed by atoms with Crippen molar-refractivity contribution in [3.8, 4) is 0 Å². The van der Waals surface area contributed by atoms with E-state index in [1.807, 2.05) is 0 Å². The van der Waals surface area contributed by atoms with Crippen LogP contribution < -0.4 is 0 Å². The van der Waals surface area contributed by atoms with Crippen LogP contribution in [0, 0.1) is 0 Å². The molecule has 2 rings (SSSR count). The molecule has 19 heavy (non-hydrogen) atoms. The van der Waals surface area contributed by atoms with Crippen LogP contribution in [0.5, 0.6) is 0 Å². The summed E-state index contributed by atoms with van der Waals surface area (Å²) in [5.41, 5.74) is 1.42. The van der Waals surface area contributed by atoms with Crippen LogP contribution in [-0.2, 0) is 6.42 Å². The molecule has 0 amide bonds. The molecular weight excluding hydrogens is 232 g/mol. The number of benzene rings is 1. The van der Waals surface area contributed by atoms with Crippen molar-refractivity contribution >= 4 is 0 Å². The summed E-state index contributed by atoms with van der Waals surface area (Å²) in [6, 6.07) is 10.8. The first-order valence-corrected chi connectivity index (χ1v) is 7.51. The molecule has 0 fully saturated rings. The maximum absolute atomic E-state index is 2.49. The van der Waals surface area contributed by atoms with E-state index in [0.29, 0.717) is 6.17 Å². The number of unbranched alkanes of at least 4 members (excludes halogenated alkanes) is 3. The van der Waals surface area contributed by atoms with Gasteiger partial charge in [0, 0.05) is 32.4 Å². The highest BCUT2D eigenvalue weighted by Crippen LogP contribution is 2.19. The van der Waals surface area contributed by atoms with E-state index < -0.39 is 0 Å². The van der Waals surface area contributed by atoms with E-state index in [0.717, 1.165) is 6.42 Å². The molecule has 1 aromatic carbocycles. The third-order valence-corrected chi connectivity index (χ3v) is 3.88. The SMILES string of the molecule is CCCCCCN1C=CN(C)C1Cc1ccccc1. The van der Waals surface area contributed by atoms with E-state index in [2.05, 4.69) is 66.5 Å². The second kappa shape index (κ2) is 7.22. The Morgan fingerprint density at radius 2 is 1.79 bits per heavy atom. The van der Waals surface area contributed by atoms with Gasteiger partial charge in [-0.1, -0.05) is 56.5 Å². The van der Waals surface area contributed by atoms with Crippen molar-refractivity contribution in [2.24, 2.45) is 0 Å². The molecule has 0 radical (unpaired) electrons. The molecule has 2 heteroatoms. The Labute approximate surface area is 117 Å². The average Bonchev–Trinajstić information content (AvgIpc) is 2.78. The van der Waals surface area contributed by atoms with Crippen molar-refractivity contribution in [2.45, 2.75) is 45.2 Å². The molecule has 104 valence electrons. The van der Waals surface area contributed by atoms with E-state index in [1.165, 1.54) is 37.8 Å². The van der Waals surface area contributed by atoms with Crippen molar-refractivity contribution in [2.75, 3.05) is 13.6 Å². The minimum absolute atomic E-state index is 0.490. The quantitative estimate of drug-likeness (QED) is 0.685. The summed E-state index contributed by atoms with van der Waals surface area (Å²) in [5.74, 6) is 0. The smallest absolute Gasteiger partial charge is 0.104 e. The second-order valence-corrected chi connectivity index (χ2v) is 5.43. The lowest BCUT2D eigenvalue weighted by Crippen LogP contribution is -2.38. The summed E-state index contributed by atoms with van der Waals surface area (Å²) in [6.07, 6.45) is 11.4. The van der Waals surface area contributed by atoms with Gasteiger partial charge in [0.1, 0.15) is 6.17 Å². The molecule has 0 N–H and O–H groups in total. The summed E-state index contributed by atoms with van der Waals surface area (Å²) < 4.78 is 0. The van der Waals surface area contributed by atoms with Crippen LogP contribution in [0.4, 0.5) is 0 Å².